The largest absolute Gasteiger partial charge is 0.360 e. The summed E-state index contributed by atoms with van der Waals surface area (Å²) in [6.07, 6.45) is 1.75. The predicted molar refractivity (Wildman–Crippen MR) is 68.4 cm³/mol. The van der Waals surface area contributed by atoms with Crippen LogP contribution in [0.15, 0.2) is 54.7 Å². The molecule has 1 heterocycles. The second-order valence-electron chi connectivity index (χ2n) is 3.94. The van der Waals surface area contributed by atoms with Crippen molar-refractivity contribution in [1.82, 2.24) is 4.98 Å². The normalized spacial score (nSPS) is 10.3. The van der Waals surface area contributed by atoms with Gasteiger partial charge in [-0.3, -0.25) is 0 Å². The molecule has 0 saturated carbocycles. The third-order valence-electron chi connectivity index (χ3n) is 2.91. The first-order valence-corrected chi connectivity index (χ1v) is 5.45. The van der Waals surface area contributed by atoms with Crippen LogP contribution in [0.5, 0.6) is 0 Å². The zero-order valence-corrected chi connectivity index (χ0v) is 9.14. The van der Waals surface area contributed by atoms with Gasteiger partial charge in [-0.2, -0.15) is 5.26 Å². The quantitative estimate of drug-likeness (QED) is 0.664. The molecule has 0 atom stereocenters. The van der Waals surface area contributed by atoms with Crippen molar-refractivity contribution in [3.05, 3.63) is 60.3 Å². The third kappa shape index (κ3) is 1.58. The Labute approximate surface area is 99.1 Å². The van der Waals surface area contributed by atoms with Crippen LogP contribution >= 0.6 is 0 Å². The van der Waals surface area contributed by atoms with E-state index < -0.39 is 0 Å². The molecule has 0 spiro atoms. The average molecular weight is 218 g/mol. The van der Waals surface area contributed by atoms with Crippen molar-refractivity contribution < 1.29 is 0 Å². The standard InChI is InChI=1S/C15H10N2/c16-9-13-10-17-15-7-6-12(8-14(13)15)11-4-2-1-3-5-11/h1-8,10,17H. The number of aromatic amines is 1. The van der Waals surface area contributed by atoms with Gasteiger partial charge in [-0.15, -0.1) is 0 Å². The molecule has 1 N–H and O–H groups in total. The van der Waals surface area contributed by atoms with Gasteiger partial charge in [-0.05, 0) is 23.3 Å². The van der Waals surface area contributed by atoms with Crippen LogP contribution in [0.3, 0.4) is 0 Å². The van der Waals surface area contributed by atoms with Crippen LogP contribution in [0, 0.1) is 11.3 Å². The summed E-state index contributed by atoms with van der Waals surface area (Å²) in [4.78, 5) is 3.10. The molecule has 0 fully saturated rings. The average Bonchev–Trinajstić information content (AvgIpc) is 2.81. The maximum absolute atomic E-state index is 9.02. The van der Waals surface area contributed by atoms with Crippen molar-refractivity contribution in [2.45, 2.75) is 0 Å². The summed E-state index contributed by atoms with van der Waals surface area (Å²) in [5.74, 6) is 0. The topological polar surface area (TPSA) is 39.6 Å². The van der Waals surface area contributed by atoms with Crippen molar-refractivity contribution in [3.8, 4) is 17.2 Å². The SMILES string of the molecule is N#Cc1c[nH]c2ccc(-c3ccccc3)cc12. The number of nitrogens with zero attached hydrogens (tertiary/aromatic N) is 1. The number of benzene rings is 2. The molecule has 3 aromatic rings. The van der Waals surface area contributed by atoms with E-state index in [1.165, 1.54) is 5.56 Å². The van der Waals surface area contributed by atoms with Gasteiger partial charge in [-0.1, -0.05) is 36.4 Å². The van der Waals surface area contributed by atoms with Gasteiger partial charge in [0.15, 0.2) is 0 Å². The lowest BCUT2D eigenvalue weighted by atomic mass is 10.0. The minimum absolute atomic E-state index is 0.692. The number of rotatable bonds is 1. The first-order chi connectivity index (χ1) is 8.38. The number of hydrogen-bond acceptors (Lipinski definition) is 1. The summed E-state index contributed by atoms with van der Waals surface area (Å²) in [6, 6.07) is 18.5. The van der Waals surface area contributed by atoms with Crippen LogP contribution in [0.25, 0.3) is 22.0 Å². The minimum atomic E-state index is 0.692. The van der Waals surface area contributed by atoms with E-state index in [4.69, 9.17) is 5.26 Å². The molecule has 80 valence electrons. The molecule has 0 aliphatic rings. The Morgan fingerprint density at radius 1 is 0.941 bits per heavy atom. The molecule has 0 amide bonds. The van der Waals surface area contributed by atoms with Crippen molar-refractivity contribution in [3.63, 3.8) is 0 Å². The maximum Gasteiger partial charge on any atom is 0.101 e. The molecule has 3 rings (SSSR count). The summed E-state index contributed by atoms with van der Waals surface area (Å²) in [6.45, 7) is 0. The molecule has 2 aromatic carbocycles. The molecule has 0 aliphatic heterocycles. The zero-order valence-electron chi connectivity index (χ0n) is 9.14. The highest BCUT2D eigenvalue weighted by Crippen LogP contribution is 2.25. The minimum Gasteiger partial charge on any atom is -0.360 e. The Morgan fingerprint density at radius 2 is 1.76 bits per heavy atom. The Balaban J connectivity index is 2.23. The molecule has 0 bridgehead atoms. The van der Waals surface area contributed by atoms with Crippen molar-refractivity contribution >= 4 is 10.9 Å². The van der Waals surface area contributed by atoms with Crippen LogP contribution in [-0.2, 0) is 0 Å². The highest BCUT2D eigenvalue weighted by Gasteiger charge is 2.04. The summed E-state index contributed by atoms with van der Waals surface area (Å²) >= 11 is 0. The van der Waals surface area contributed by atoms with E-state index in [2.05, 4.69) is 35.3 Å². The summed E-state index contributed by atoms with van der Waals surface area (Å²) < 4.78 is 0. The van der Waals surface area contributed by atoms with E-state index in [0.717, 1.165) is 16.5 Å². The monoisotopic (exact) mass is 218 g/mol. The molecule has 17 heavy (non-hydrogen) atoms. The van der Waals surface area contributed by atoms with Gasteiger partial charge in [0.1, 0.15) is 6.07 Å². The maximum atomic E-state index is 9.02. The third-order valence-corrected chi connectivity index (χ3v) is 2.91. The molecular weight excluding hydrogens is 208 g/mol. The molecule has 2 nitrogen and oxygen atoms in total. The van der Waals surface area contributed by atoms with Crippen LogP contribution in [0.4, 0.5) is 0 Å². The Morgan fingerprint density at radius 3 is 2.53 bits per heavy atom. The Bertz CT molecular complexity index is 703. The second kappa shape index (κ2) is 3.80. The number of H-pyrrole nitrogens is 1. The van der Waals surface area contributed by atoms with Gasteiger partial charge in [0.2, 0.25) is 0 Å². The fourth-order valence-corrected chi connectivity index (χ4v) is 2.02. The fourth-order valence-electron chi connectivity index (χ4n) is 2.02. The van der Waals surface area contributed by atoms with Gasteiger partial charge in [0.25, 0.3) is 0 Å². The van der Waals surface area contributed by atoms with E-state index in [1.54, 1.807) is 6.20 Å². The zero-order chi connectivity index (χ0) is 11.7. The number of hydrogen-bond donors (Lipinski definition) is 1. The number of nitriles is 1. The highest BCUT2D eigenvalue weighted by molar-refractivity contribution is 5.89. The van der Waals surface area contributed by atoms with E-state index in [9.17, 15) is 0 Å². The summed E-state index contributed by atoms with van der Waals surface area (Å²) in [7, 11) is 0. The molecule has 0 unspecified atom stereocenters. The Kier molecular flexibility index (Phi) is 2.16. The lowest BCUT2D eigenvalue weighted by Gasteiger charge is -2.01. The van der Waals surface area contributed by atoms with Crippen LogP contribution in [-0.4, -0.2) is 4.98 Å². The molecule has 0 saturated heterocycles. The van der Waals surface area contributed by atoms with Crippen molar-refractivity contribution in [2.75, 3.05) is 0 Å². The van der Waals surface area contributed by atoms with Gasteiger partial charge < -0.3 is 4.98 Å². The molecule has 0 aliphatic carbocycles. The Hall–Kier alpha value is -2.53. The van der Waals surface area contributed by atoms with Gasteiger partial charge >= 0.3 is 0 Å². The lowest BCUT2D eigenvalue weighted by molar-refractivity contribution is 1.45. The van der Waals surface area contributed by atoms with E-state index in [0.29, 0.717) is 5.56 Å². The number of fused-ring (bicyclic) bond motifs is 1. The first-order valence-electron chi connectivity index (χ1n) is 5.45. The van der Waals surface area contributed by atoms with Gasteiger partial charge in [0, 0.05) is 17.1 Å². The summed E-state index contributed by atoms with van der Waals surface area (Å²) in [5.41, 5.74) is 3.99. The van der Waals surface area contributed by atoms with Crippen LogP contribution in [0.2, 0.25) is 0 Å². The second-order valence-corrected chi connectivity index (χ2v) is 3.94. The number of aromatic nitrogens is 1. The molecule has 1 aromatic heterocycles. The van der Waals surface area contributed by atoms with Gasteiger partial charge in [-0.25, -0.2) is 0 Å². The van der Waals surface area contributed by atoms with E-state index in [1.807, 2.05) is 24.3 Å². The summed E-state index contributed by atoms with van der Waals surface area (Å²) in [5, 5.41) is 10.00. The van der Waals surface area contributed by atoms with Crippen molar-refractivity contribution in [1.29, 1.82) is 5.26 Å². The van der Waals surface area contributed by atoms with Crippen LogP contribution in [0.1, 0.15) is 5.56 Å². The first kappa shape index (κ1) is 9.68. The van der Waals surface area contributed by atoms with Crippen molar-refractivity contribution in [2.24, 2.45) is 0 Å². The smallest absolute Gasteiger partial charge is 0.101 e. The number of nitrogens with one attached hydrogen (secondary N) is 1. The fraction of sp³-hybridized carbons (Fsp3) is 0. The van der Waals surface area contributed by atoms with E-state index in [-0.39, 0.29) is 0 Å². The van der Waals surface area contributed by atoms with Crippen LogP contribution < -0.4 is 0 Å². The lowest BCUT2D eigenvalue weighted by Crippen LogP contribution is -1.77. The molecule has 2 heteroatoms. The molecular formula is C15H10N2. The highest BCUT2D eigenvalue weighted by atomic mass is 14.7. The van der Waals surface area contributed by atoms with Gasteiger partial charge in [0.05, 0.1) is 5.56 Å². The molecule has 0 radical (unpaired) electrons. The predicted octanol–water partition coefficient (Wildman–Crippen LogP) is 3.71. The van der Waals surface area contributed by atoms with E-state index >= 15 is 0 Å².